The van der Waals surface area contributed by atoms with Crippen molar-refractivity contribution in [1.82, 2.24) is 4.90 Å². The molecular weight excluding hydrogens is 265 g/mol. The van der Waals surface area contributed by atoms with E-state index < -0.39 is 0 Å². The van der Waals surface area contributed by atoms with E-state index in [-0.39, 0.29) is 5.82 Å². The third-order valence-corrected chi connectivity index (χ3v) is 3.78. The van der Waals surface area contributed by atoms with E-state index >= 15 is 0 Å². The van der Waals surface area contributed by atoms with Crippen LogP contribution >= 0.6 is 0 Å². The van der Waals surface area contributed by atoms with Crippen LogP contribution in [0.3, 0.4) is 0 Å². The number of amides is 1. The topological polar surface area (TPSA) is 20.3 Å². The third kappa shape index (κ3) is 5.99. The van der Waals surface area contributed by atoms with E-state index in [2.05, 4.69) is 26.7 Å². The lowest BCUT2D eigenvalue weighted by Gasteiger charge is -2.05. The zero-order chi connectivity index (χ0) is 16.6. The highest BCUT2D eigenvalue weighted by atomic mass is 19.1. The second kappa shape index (κ2) is 8.46. The average molecular weight is 291 g/mol. The average Bonchev–Trinajstić information content (AvgIpc) is 3.12. The number of nitrogens with zero attached hydrogens (tertiary/aromatic N) is 1. The molecule has 1 aromatic carbocycles. The van der Waals surface area contributed by atoms with Crippen LogP contribution in [-0.4, -0.2) is 24.9 Å². The highest BCUT2D eigenvalue weighted by molar-refractivity contribution is 5.45. The summed E-state index contributed by atoms with van der Waals surface area (Å²) in [7, 11) is 1.74. The number of halogens is 1. The Balaban J connectivity index is 0.000000427. The van der Waals surface area contributed by atoms with Crippen molar-refractivity contribution in [3.8, 4) is 12.8 Å². The molecule has 0 unspecified atom stereocenters. The normalized spacial score (nSPS) is 17.4. The highest BCUT2D eigenvalue weighted by Crippen LogP contribution is 2.58. The summed E-state index contributed by atoms with van der Waals surface area (Å²) in [5, 5.41) is 0. The van der Waals surface area contributed by atoms with Gasteiger partial charge < -0.3 is 4.90 Å². The van der Waals surface area contributed by atoms with Crippen LogP contribution in [0.25, 0.3) is 0 Å². The van der Waals surface area contributed by atoms with Gasteiger partial charge in [0, 0.05) is 13.6 Å². The van der Waals surface area contributed by atoms with Crippen molar-refractivity contribution >= 4 is 6.41 Å². The number of hydrogen-bond acceptors (Lipinski definition) is 1. The Morgan fingerprint density at radius 1 is 1.43 bits per heavy atom. The van der Waals surface area contributed by atoms with Crippen LogP contribution < -0.4 is 0 Å². The Kier molecular flexibility index (Phi) is 7.73. The highest BCUT2D eigenvalue weighted by Gasteiger charge is 2.46. The summed E-state index contributed by atoms with van der Waals surface area (Å²) < 4.78 is 13.0. The van der Waals surface area contributed by atoms with Crippen LogP contribution in [0.1, 0.15) is 44.2 Å². The molecule has 1 fully saturated rings. The Bertz CT molecular complexity index is 479. The standard InChI is InChI=1S/C12H15F.C4H9NO.C2H2/c1-8-6-9(4-5-11(8)13)10-7-12(10,2)3;1-3-5(2)4-6;1-2/h4-6,10H,7H2,1-3H3;4H,3H2,1-2H3;1-2H/t10-;;/m0../s1. The summed E-state index contributed by atoms with van der Waals surface area (Å²) in [5.41, 5.74) is 2.49. The van der Waals surface area contributed by atoms with E-state index in [4.69, 9.17) is 0 Å². The summed E-state index contributed by atoms with van der Waals surface area (Å²) in [5.74, 6) is 0.550. The van der Waals surface area contributed by atoms with Crippen LogP contribution in [-0.2, 0) is 4.79 Å². The molecule has 0 radical (unpaired) electrons. The summed E-state index contributed by atoms with van der Waals surface area (Å²) >= 11 is 0. The Morgan fingerprint density at radius 3 is 2.24 bits per heavy atom. The van der Waals surface area contributed by atoms with Crippen molar-refractivity contribution in [2.75, 3.05) is 13.6 Å². The smallest absolute Gasteiger partial charge is 0.209 e. The summed E-state index contributed by atoms with van der Waals surface area (Å²) in [6.07, 6.45) is 10.0. The molecule has 1 atom stereocenters. The molecule has 1 aliphatic carbocycles. The van der Waals surface area contributed by atoms with Gasteiger partial charge in [0.25, 0.3) is 0 Å². The number of terminal acetylenes is 1. The zero-order valence-electron chi connectivity index (χ0n) is 13.7. The van der Waals surface area contributed by atoms with E-state index in [1.165, 1.54) is 12.0 Å². The number of aryl methyl sites for hydroxylation is 1. The van der Waals surface area contributed by atoms with Gasteiger partial charge >= 0.3 is 0 Å². The second-order valence-electron chi connectivity index (χ2n) is 5.93. The first-order valence-corrected chi connectivity index (χ1v) is 7.06. The van der Waals surface area contributed by atoms with Crippen molar-refractivity contribution in [2.24, 2.45) is 5.41 Å². The maximum Gasteiger partial charge on any atom is 0.209 e. The van der Waals surface area contributed by atoms with E-state index in [0.29, 0.717) is 11.3 Å². The fraction of sp³-hybridized carbons (Fsp3) is 0.500. The second-order valence-corrected chi connectivity index (χ2v) is 5.93. The first-order chi connectivity index (χ1) is 9.81. The molecule has 1 saturated carbocycles. The van der Waals surface area contributed by atoms with Gasteiger partial charge in [-0.1, -0.05) is 26.0 Å². The van der Waals surface area contributed by atoms with Gasteiger partial charge in [0.15, 0.2) is 0 Å². The molecule has 1 amide bonds. The predicted molar refractivity (Wildman–Crippen MR) is 86.5 cm³/mol. The van der Waals surface area contributed by atoms with Crippen molar-refractivity contribution in [1.29, 1.82) is 0 Å². The number of hydrogen-bond donors (Lipinski definition) is 0. The van der Waals surface area contributed by atoms with Crippen molar-refractivity contribution < 1.29 is 9.18 Å². The van der Waals surface area contributed by atoms with E-state index in [1.807, 2.05) is 26.0 Å². The summed E-state index contributed by atoms with van der Waals surface area (Å²) in [6.45, 7) is 9.07. The lowest BCUT2D eigenvalue weighted by Crippen LogP contribution is -2.13. The largest absolute Gasteiger partial charge is 0.349 e. The maximum atomic E-state index is 13.0. The molecule has 21 heavy (non-hydrogen) atoms. The van der Waals surface area contributed by atoms with E-state index in [1.54, 1.807) is 18.0 Å². The SMILES string of the molecule is C#C.CCN(C)C=O.Cc1cc([C@@H]2CC2(C)C)ccc1F. The molecule has 3 heteroatoms. The number of benzene rings is 1. The fourth-order valence-electron chi connectivity index (χ4n) is 2.00. The maximum absolute atomic E-state index is 13.0. The van der Waals surface area contributed by atoms with Gasteiger partial charge in [-0.2, -0.15) is 0 Å². The Morgan fingerprint density at radius 2 is 1.95 bits per heavy atom. The first kappa shape index (κ1) is 19.2. The number of rotatable bonds is 3. The molecule has 0 aliphatic heterocycles. The van der Waals surface area contributed by atoms with E-state index in [0.717, 1.165) is 18.5 Å². The van der Waals surface area contributed by atoms with Crippen molar-refractivity contribution in [2.45, 2.75) is 40.0 Å². The molecule has 1 aromatic rings. The summed E-state index contributed by atoms with van der Waals surface area (Å²) in [6, 6.07) is 5.48. The fourth-order valence-corrected chi connectivity index (χ4v) is 2.00. The molecule has 0 heterocycles. The molecule has 0 spiro atoms. The molecule has 0 bridgehead atoms. The third-order valence-electron chi connectivity index (χ3n) is 3.78. The summed E-state index contributed by atoms with van der Waals surface area (Å²) in [4.78, 5) is 11.2. The van der Waals surface area contributed by atoms with Gasteiger partial charge in [-0.3, -0.25) is 4.79 Å². The molecular formula is C18H26FNO. The monoisotopic (exact) mass is 291 g/mol. The van der Waals surface area contributed by atoms with Crippen LogP contribution in [0.2, 0.25) is 0 Å². The van der Waals surface area contributed by atoms with E-state index in [9.17, 15) is 9.18 Å². The Hall–Kier alpha value is -1.82. The molecule has 0 N–H and O–H groups in total. The van der Waals surface area contributed by atoms with Gasteiger partial charge in [-0.15, -0.1) is 12.8 Å². The molecule has 0 aromatic heterocycles. The quantitative estimate of drug-likeness (QED) is 0.609. The van der Waals surface area contributed by atoms with Gasteiger partial charge in [0.1, 0.15) is 5.82 Å². The first-order valence-electron chi connectivity index (χ1n) is 7.06. The van der Waals surface area contributed by atoms with Crippen LogP contribution in [0.4, 0.5) is 4.39 Å². The van der Waals surface area contributed by atoms with Gasteiger partial charge in [0.05, 0.1) is 0 Å². The van der Waals surface area contributed by atoms with Crippen LogP contribution in [0, 0.1) is 31.0 Å². The lowest BCUT2D eigenvalue weighted by molar-refractivity contribution is -0.116. The minimum Gasteiger partial charge on any atom is -0.349 e. The minimum absolute atomic E-state index is 0.0952. The molecule has 1 aliphatic rings. The minimum atomic E-state index is -0.0952. The number of carbonyl (C=O) groups is 1. The van der Waals surface area contributed by atoms with Gasteiger partial charge in [0.2, 0.25) is 6.41 Å². The van der Waals surface area contributed by atoms with Crippen LogP contribution in [0.15, 0.2) is 18.2 Å². The van der Waals surface area contributed by atoms with Crippen molar-refractivity contribution in [3.05, 3.63) is 35.1 Å². The molecule has 0 saturated heterocycles. The number of carbonyl (C=O) groups excluding carboxylic acids is 1. The molecule has 2 rings (SSSR count). The predicted octanol–water partition coefficient (Wildman–Crippen LogP) is 3.99. The zero-order valence-corrected chi connectivity index (χ0v) is 13.7. The molecule has 116 valence electrons. The van der Waals surface area contributed by atoms with Gasteiger partial charge in [-0.05, 0) is 48.8 Å². The van der Waals surface area contributed by atoms with Crippen LogP contribution in [0.5, 0.6) is 0 Å². The van der Waals surface area contributed by atoms with Gasteiger partial charge in [-0.25, -0.2) is 4.39 Å². The Labute approximate surface area is 128 Å². The lowest BCUT2D eigenvalue weighted by atomic mass is 10.0. The van der Waals surface area contributed by atoms with Crippen molar-refractivity contribution in [3.63, 3.8) is 0 Å². The molecule has 2 nitrogen and oxygen atoms in total.